The third kappa shape index (κ3) is 7.41. The number of alkyl halides is 1. The normalized spacial score (nSPS) is 10.8. The minimum atomic E-state index is -0.102. The maximum absolute atomic E-state index is 13.3. The molecular formula is C24H33ClN2O4S. The Balaban J connectivity index is 2.18. The maximum atomic E-state index is 13.3. The molecule has 2 aromatic rings. The average Bonchev–Trinajstić information content (AvgIpc) is 3.18. The first-order valence-electron chi connectivity index (χ1n) is 10.7. The molecule has 0 bridgehead atoms. The van der Waals surface area contributed by atoms with Crippen molar-refractivity contribution in [3.63, 3.8) is 0 Å². The van der Waals surface area contributed by atoms with Crippen LogP contribution in [0.3, 0.4) is 0 Å². The molecule has 0 radical (unpaired) electrons. The highest BCUT2D eigenvalue weighted by molar-refractivity contribution is 7.11. The van der Waals surface area contributed by atoms with Crippen molar-refractivity contribution in [2.24, 2.45) is 0 Å². The predicted octanol–water partition coefficient (Wildman–Crippen LogP) is 4.51. The quantitative estimate of drug-likeness (QED) is 0.419. The van der Waals surface area contributed by atoms with Crippen LogP contribution in [0.15, 0.2) is 30.3 Å². The number of thiophene rings is 1. The zero-order valence-electron chi connectivity index (χ0n) is 19.5. The van der Waals surface area contributed by atoms with Crippen LogP contribution in [-0.4, -0.2) is 60.8 Å². The van der Waals surface area contributed by atoms with Crippen LogP contribution in [0.25, 0.3) is 0 Å². The molecule has 1 heterocycles. The molecular weight excluding hydrogens is 448 g/mol. The first kappa shape index (κ1) is 26.0. The number of hydrogen-bond acceptors (Lipinski definition) is 5. The van der Waals surface area contributed by atoms with Gasteiger partial charge in [0.05, 0.1) is 27.3 Å². The van der Waals surface area contributed by atoms with Crippen molar-refractivity contribution in [1.29, 1.82) is 0 Å². The van der Waals surface area contributed by atoms with Gasteiger partial charge in [-0.25, -0.2) is 0 Å². The summed E-state index contributed by atoms with van der Waals surface area (Å²) in [6.45, 7) is 6.96. The third-order valence-electron chi connectivity index (χ3n) is 5.17. The van der Waals surface area contributed by atoms with Gasteiger partial charge in [-0.05, 0) is 57.0 Å². The van der Waals surface area contributed by atoms with Gasteiger partial charge in [0.25, 0.3) is 0 Å². The number of ether oxygens (including phenoxy) is 2. The fraction of sp³-hybridized carbons (Fsp3) is 0.500. The maximum Gasteiger partial charge on any atom is 0.242 e. The lowest BCUT2D eigenvalue weighted by Crippen LogP contribution is -2.46. The second-order valence-corrected chi connectivity index (χ2v) is 9.57. The van der Waals surface area contributed by atoms with E-state index in [9.17, 15) is 9.59 Å². The number of aryl methyl sites for hydroxylation is 1. The number of nitrogens with zero attached hydrogens (tertiary/aromatic N) is 2. The van der Waals surface area contributed by atoms with Crippen LogP contribution in [0, 0.1) is 6.92 Å². The molecule has 0 aliphatic carbocycles. The first-order valence-corrected chi connectivity index (χ1v) is 12.0. The number of carbonyl (C=O) groups excluding carboxylic acids is 2. The summed E-state index contributed by atoms with van der Waals surface area (Å²) in [6.07, 6.45) is 0.885. The highest BCUT2D eigenvalue weighted by atomic mass is 35.5. The molecule has 0 saturated carbocycles. The van der Waals surface area contributed by atoms with Gasteiger partial charge in [0, 0.05) is 34.6 Å². The summed E-state index contributed by atoms with van der Waals surface area (Å²) in [6, 6.07) is 9.81. The smallest absolute Gasteiger partial charge is 0.242 e. The minimum Gasteiger partial charge on any atom is -0.493 e. The molecule has 32 heavy (non-hydrogen) atoms. The number of amides is 2. The molecule has 0 N–H and O–H groups in total. The summed E-state index contributed by atoms with van der Waals surface area (Å²) >= 11 is 7.43. The molecule has 176 valence electrons. The van der Waals surface area contributed by atoms with E-state index in [0.29, 0.717) is 31.0 Å². The van der Waals surface area contributed by atoms with Crippen molar-refractivity contribution in [2.45, 2.75) is 46.2 Å². The van der Waals surface area contributed by atoms with Crippen LogP contribution >= 0.6 is 22.9 Å². The number of hydrogen-bond donors (Lipinski definition) is 0. The summed E-state index contributed by atoms with van der Waals surface area (Å²) in [5, 5.41) is 0. The molecule has 0 unspecified atom stereocenters. The molecule has 0 saturated heterocycles. The van der Waals surface area contributed by atoms with E-state index in [4.69, 9.17) is 21.1 Å². The number of halogens is 1. The van der Waals surface area contributed by atoms with Crippen LogP contribution in [-0.2, 0) is 22.6 Å². The van der Waals surface area contributed by atoms with Crippen molar-refractivity contribution in [1.82, 2.24) is 9.80 Å². The lowest BCUT2D eigenvalue weighted by atomic mass is 10.1. The Morgan fingerprint density at radius 3 is 2.34 bits per heavy atom. The van der Waals surface area contributed by atoms with Crippen molar-refractivity contribution in [2.75, 3.05) is 33.2 Å². The lowest BCUT2D eigenvalue weighted by Gasteiger charge is -2.30. The van der Waals surface area contributed by atoms with Gasteiger partial charge in [0.1, 0.15) is 0 Å². The van der Waals surface area contributed by atoms with E-state index in [2.05, 4.69) is 19.1 Å². The van der Waals surface area contributed by atoms with Gasteiger partial charge < -0.3 is 19.3 Å². The molecule has 0 aliphatic heterocycles. The van der Waals surface area contributed by atoms with Crippen LogP contribution in [0.2, 0.25) is 0 Å². The van der Waals surface area contributed by atoms with Gasteiger partial charge in [-0.1, -0.05) is 6.07 Å². The van der Waals surface area contributed by atoms with Gasteiger partial charge in [-0.2, -0.15) is 0 Å². The number of rotatable bonds is 12. The van der Waals surface area contributed by atoms with Crippen LogP contribution in [0.1, 0.15) is 35.6 Å². The Morgan fingerprint density at radius 1 is 1.06 bits per heavy atom. The van der Waals surface area contributed by atoms with Gasteiger partial charge in [-0.3, -0.25) is 9.59 Å². The summed E-state index contributed by atoms with van der Waals surface area (Å²) in [4.78, 5) is 31.5. The molecule has 0 aliphatic rings. The molecule has 1 aromatic heterocycles. The zero-order chi connectivity index (χ0) is 23.7. The van der Waals surface area contributed by atoms with Gasteiger partial charge in [-0.15, -0.1) is 22.9 Å². The second kappa shape index (κ2) is 12.7. The number of benzene rings is 1. The van der Waals surface area contributed by atoms with Gasteiger partial charge in [0.15, 0.2) is 11.5 Å². The largest absolute Gasteiger partial charge is 0.493 e. The van der Waals surface area contributed by atoms with Crippen LogP contribution < -0.4 is 9.47 Å². The van der Waals surface area contributed by atoms with Gasteiger partial charge >= 0.3 is 0 Å². The monoisotopic (exact) mass is 480 g/mol. The fourth-order valence-electron chi connectivity index (χ4n) is 3.38. The topological polar surface area (TPSA) is 59.1 Å². The minimum absolute atomic E-state index is 0.0453. The Hall–Kier alpha value is -2.25. The molecule has 6 nitrogen and oxygen atoms in total. The van der Waals surface area contributed by atoms with Crippen molar-refractivity contribution >= 4 is 34.8 Å². The fourth-order valence-corrected chi connectivity index (χ4v) is 4.45. The lowest BCUT2D eigenvalue weighted by molar-refractivity contribution is -0.142. The van der Waals surface area contributed by atoms with Crippen LogP contribution in [0.5, 0.6) is 11.5 Å². The summed E-state index contributed by atoms with van der Waals surface area (Å²) in [5.74, 6) is 1.40. The molecule has 2 amide bonds. The molecule has 0 spiro atoms. The van der Waals surface area contributed by atoms with Gasteiger partial charge in [0.2, 0.25) is 11.8 Å². The molecule has 0 fully saturated rings. The van der Waals surface area contributed by atoms with Crippen molar-refractivity contribution < 1.29 is 19.1 Å². The Bertz CT molecular complexity index is 900. The zero-order valence-corrected chi connectivity index (χ0v) is 21.1. The summed E-state index contributed by atoms with van der Waals surface area (Å²) < 4.78 is 10.7. The molecule has 8 heteroatoms. The van der Waals surface area contributed by atoms with E-state index in [-0.39, 0.29) is 36.7 Å². The number of carbonyl (C=O) groups is 2. The van der Waals surface area contributed by atoms with E-state index >= 15 is 0 Å². The van der Waals surface area contributed by atoms with E-state index in [1.165, 1.54) is 4.88 Å². The van der Waals surface area contributed by atoms with E-state index in [1.807, 2.05) is 36.9 Å². The summed E-state index contributed by atoms with van der Waals surface area (Å²) in [7, 11) is 3.21. The Morgan fingerprint density at radius 2 is 1.78 bits per heavy atom. The molecule has 0 atom stereocenters. The van der Waals surface area contributed by atoms with E-state index in [0.717, 1.165) is 10.4 Å². The highest BCUT2D eigenvalue weighted by Gasteiger charge is 2.23. The third-order valence-corrected chi connectivity index (χ3v) is 6.35. The molecule has 1 aromatic carbocycles. The second-order valence-electron chi connectivity index (χ2n) is 7.82. The number of methoxy groups -OCH3 is 2. The SMILES string of the molecule is COc1ccc(CCN(Cc2ccc(C)s2)C(=O)CN(C(=O)CCCl)C(C)C)cc1OC. The van der Waals surface area contributed by atoms with Crippen molar-refractivity contribution in [3.8, 4) is 11.5 Å². The van der Waals surface area contributed by atoms with E-state index < -0.39 is 0 Å². The Kier molecular flexibility index (Phi) is 10.3. The summed E-state index contributed by atoms with van der Waals surface area (Å²) in [5.41, 5.74) is 1.04. The highest BCUT2D eigenvalue weighted by Crippen LogP contribution is 2.28. The Labute approximate surface area is 200 Å². The standard InChI is InChI=1S/C24H33ClN2O4S/c1-17(2)27(23(28)10-12-25)16-24(29)26(15-20-8-6-18(3)32-20)13-11-19-7-9-21(30-4)22(14-19)31-5/h6-9,14,17H,10-13,15-16H2,1-5H3. The van der Waals surface area contributed by atoms with Crippen LogP contribution in [0.4, 0.5) is 0 Å². The first-order chi connectivity index (χ1) is 15.3. The average molecular weight is 481 g/mol. The van der Waals surface area contributed by atoms with Crippen molar-refractivity contribution in [3.05, 3.63) is 45.6 Å². The molecule has 2 rings (SSSR count). The predicted molar refractivity (Wildman–Crippen MR) is 130 cm³/mol. The van der Waals surface area contributed by atoms with E-state index in [1.54, 1.807) is 30.5 Å².